The van der Waals surface area contributed by atoms with Gasteiger partial charge in [-0.25, -0.2) is 0 Å². The van der Waals surface area contributed by atoms with Crippen molar-refractivity contribution in [3.05, 3.63) is 52.2 Å². The van der Waals surface area contributed by atoms with Crippen LogP contribution in [0.15, 0.2) is 41.1 Å². The van der Waals surface area contributed by atoms with Crippen LogP contribution in [0.4, 0.5) is 5.69 Å². The minimum atomic E-state index is 0.0839. The summed E-state index contributed by atoms with van der Waals surface area (Å²) < 4.78 is 0. The number of benzene rings is 1. The molecule has 23 heavy (non-hydrogen) atoms. The Morgan fingerprint density at radius 1 is 1.30 bits per heavy atom. The molecule has 0 aliphatic carbocycles. The Hall–Kier alpha value is -1.85. The van der Waals surface area contributed by atoms with Crippen LogP contribution < -0.4 is 5.32 Å². The van der Waals surface area contributed by atoms with E-state index in [-0.39, 0.29) is 12.5 Å². The fourth-order valence-electron chi connectivity index (χ4n) is 2.86. The molecule has 0 bridgehead atoms. The number of aliphatic hydroxyl groups excluding tert-OH is 1. The number of hydrogen-bond acceptors (Lipinski definition) is 4. The monoisotopic (exact) mass is 330 g/mol. The number of carbonyl (C=O) groups is 1. The lowest BCUT2D eigenvalue weighted by Crippen LogP contribution is -2.39. The standard InChI is InChI=1S/C18H22N2O2S/c21-12-14-4-7-20(8-5-14)18(22)16-2-1-3-17(10-16)19-11-15-6-9-23-13-15/h1-3,6,9-10,13-14,19,21H,4-5,7-8,11-12H2. The van der Waals surface area contributed by atoms with E-state index in [1.165, 1.54) is 5.56 Å². The van der Waals surface area contributed by atoms with Crippen LogP contribution in [0.2, 0.25) is 0 Å². The summed E-state index contributed by atoms with van der Waals surface area (Å²) in [6.07, 6.45) is 1.77. The highest BCUT2D eigenvalue weighted by molar-refractivity contribution is 7.07. The number of anilines is 1. The third-order valence-corrected chi connectivity index (χ3v) is 5.08. The predicted molar refractivity (Wildman–Crippen MR) is 93.8 cm³/mol. The zero-order chi connectivity index (χ0) is 16.1. The maximum Gasteiger partial charge on any atom is 0.253 e. The van der Waals surface area contributed by atoms with E-state index in [4.69, 9.17) is 0 Å². The molecule has 122 valence electrons. The zero-order valence-corrected chi connectivity index (χ0v) is 13.9. The van der Waals surface area contributed by atoms with Crippen molar-refractivity contribution in [2.75, 3.05) is 25.0 Å². The first-order chi connectivity index (χ1) is 11.3. The van der Waals surface area contributed by atoms with Crippen molar-refractivity contribution in [3.8, 4) is 0 Å². The van der Waals surface area contributed by atoms with Gasteiger partial charge in [0.25, 0.3) is 5.91 Å². The number of aliphatic hydroxyl groups is 1. The molecule has 1 aromatic heterocycles. The minimum absolute atomic E-state index is 0.0839. The number of thiophene rings is 1. The maximum atomic E-state index is 12.6. The topological polar surface area (TPSA) is 52.6 Å². The van der Waals surface area contributed by atoms with Crippen LogP contribution in [0.1, 0.15) is 28.8 Å². The first kappa shape index (κ1) is 16.0. The average molecular weight is 330 g/mol. The molecule has 1 fully saturated rings. The summed E-state index contributed by atoms with van der Waals surface area (Å²) in [4.78, 5) is 14.5. The molecule has 1 aliphatic rings. The van der Waals surface area contributed by atoms with Crippen LogP contribution in [0.5, 0.6) is 0 Å². The number of amides is 1. The molecule has 4 nitrogen and oxygen atoms in total. The van der Waals surface area contributed by atoms with Crippen LogP contribution in [0.3, 0.4) is 0 Å². The fraction of sp³-hybridized carbons (Fsp3) is 0.389. The minimum Gasteiger partial charge on any atom is -0.396 e. The van der Waals surface area contributed by atoms with Gasteiger partial charge in [0.15, 0.2) is 0 Å². The van der Waals surface area contributed by atoms with Gasteiger partial charge in [-0.05, 0) is 59.3 Å². The molecule has 3 rings (SSSR count). The Balaban J connectivity index is 1.61. The van der Waals surface area contributed by atoms with Crippen molar-refractivity contribution in [2.24, 2.45) is 5.92 Å². The Morgan fingerprint density at radius 3 is 2.83 bits per heavy atom. The summed E-state index contributed by atoms with van der Waals surface area (Å²) in [7, 11) is 0. The van der Waals surface area contributed by atoms with Crippen LogP contribution in [0, 0.1) is 5.92 Å². The second-order valence-electron chi connectivity index (χ2n) is 5.98. The highest BCUT2D eigenvalue weighted by Gasteiger charge is 2.23. The van der Waals surface area contributed by atoms with Gasteiger partial charge in [0.2, 0.25) is 0 Å². The van der Waals surface area contributed by atoms with Gasteiger partial charge in [0, 0.05) is 37.5 Å². The number of carbonyl (C=O) groups excluding carboxylic acids is 1. The van der Waals surface area contributed by atoms with Crippen LogP contribution >= 0.6 is 11.3 Å². The summed E-state index contributed by atoms with van der Waals surface area (Å²) in [6, 6.07) is 9.80. The second kappa shape index (κ2) is 7.62. The molecular weight excluding hydrogens is 308 g/mol. The Labute approximate surface area is 140 Å². The van der Waals surface area contributed by atoms with Gasteiger partial charge < -0.3 is 15.3 Å². The summed E-state index contributed by atoms with van der Waals surface area (Å²) in [5, 5.41) is 16.7. The Bertz CT molecular complexity index is 634. The largest absolute Gasteiger partial charge is 0.396 e. The Kier molecular flexibility index (Phi) is 5.31. The van der Waals surface area contributed by atoms with Gasteiger partial charge in [-0.15, -0.1) is 0 Å². The number of hydrogen-bond donors (Lipinski definition) is 2. The molecule has 0 atom stereocenters. The molecule has 2 heterocycles. The molecule has 0 saturated carbocycles. The number of nitrogens with zero attached hydrogens (tertiary/aromatic N) is 1. The number of rotatable bonds is 5. The van der Waals surface area contributed by atoms with E-state index in [1.54, 1.807) is 11.3 Å². The molecular formula is C18H22N2O2S. The summed E-state index contributed by atoms with van der Waals surface area (Å²) in [5.41, 5.74) is 2.94. The van der Waals surface area contributed by atoms with Crippen LogP contribution in [0.25, 0.3) is 0 Å². The van der Waals surface area contributed by atoms with E-state index >= 15 is 0 Å². The van der Waals surface area contributed by atoms with Crippen molar-refractivity contribution in [2.45, 2.75) is 19.4 Å². The average Bonchev–Trinajstić information content (AvgIpc) is 3.13. The van der Waals surface area contributed by atoms with Gasteiger partial charge >= 0.3 is 0 Å². The van der Waals surface area contributed by atoms with Crippen molar-refractivity contribution in [1.29, 1.82) is 0 Å². The molecule has 0 radical (unpaired) electrons. The van der Waals surface area contributed by atoms with Crippen molar-refractivity contribution >= 4 is 22.9 Å². The lowest BCUT2D eigenvalue weighted by atomic mass is 9.97. The van der Waals surface area contributed by atoms with Gasteiger partial charge in [-0.2, -0.15) is 11.3 Å². The third kappa shape index (κ3) is 4.12. The molecule has 1 aliphatic heterocycles. The SMILES string of the molecule is O=C(c1cccc(NCc2ccsc2)c1)N1CCC(CO)CC1. The quantitative estimate of drug-likeness (QED) is 0.885. The Morgan fingerprint density at radius 2 is 2.13 bits per heavy atom. The molecule has 0 spiro atoms. The smallest absolute Gasteiger partial charge is 0.253 e. The summed E-state index contributed by atoms with van der Waals surface area (Å²) in [6.45, 7) is 2.46. The van der Waals surface area contributed by atoms with Crippen LogP contribution in [-0.2, 0) is 6.54 Å². The van der Waals surface area contributed by atoms with E-state index in [2.05, 4.69) is 22.1 Å². The normalized spacial score (nSPS) is 15.6. The first-order valence-electron chi connectivity index (χ1n) is 8.01. The highest BCUT2D eigenvalue weighted by Crippen LogP contribution is 2.20. The number of piperidine rings is 1. The maximum absolute atomic E-state index is 12.6. The lowest BCUT2D eigenvalue weighted by molar-refractivity contribution is 0.0651. The van der Waals surface area contributed by atoms with Gasteiger partial charge in [0.05, 0.1) is 0 Å². The number of nitrogens with one attached hydrogen (secondary N) is 1. The molecule has 2 N–H and O–H groups in total. The van der Waals surface area contributed by atoms with Gasteiger partial charge in [0.1, 0.15) is 0 Å². The van der Waals surface area contributed by atoms with Crippen LogP contribution in [-0.4, -0.2) is 35.6 Å². The number of likely N-dealkylation sites (tertiary alicyclic amines) is 1. The second-order valence-corrected chi connectivity index (χ2v) is 6.76. The molecule has 5 heteroatoms. The van der Waals surface area contributed by atoms with E-state index in [0.717, 1.165) is 43.7 Å². The highest BCUT2D eigenvalue weighted by atomic mass is 32.1. The molecule has 2 aromatic rings. The van der Waals surface area contributed by atoms with E-state index < -0.39 is 0 Å². The van der Waals surface area contributed by atoms with Gasteiger partial charge in [-0.1, -0.05) is 6.07 Å². The van der Waals surface area contributed by atoms with Crippen molar-refractivity contribution in [3.63, 3.8) is 0 Å². The van der Waals surface area contributed by atoms with Crippen molar-refractivity contribution < 1.29 is 9.90 Å². The summed E-state index contributed by atoms with van der Waals surface area (Å²) >= 11 is 1.68. The van der Waals surface area contributed by atoms with Crippen molar-refractivity contribution in [1.82, 2.24) is 4.90 Å². The molecule has 0 unspecified atom stereocenters. The van der Waals surface area contributed by atoms with E-state index in [9.17, 15) is 9.90 Å². The van der Waals surface area contributed by atoms with Gasteiger partial charge in [-0.3, -0.25) is 4.79 Å². The van der Waals surface area contributed by atoms with E-state index in [0.29, 0.717) is 5.92 Å². The zero-order valence-electron chi connectivity index (χ0n) is 13.1. The molecule has 1 aromatic carbocycles. The lowest BCUT2D eigenvalue weighted by Gasteiger charge is -2.31. The summed E-state index contributed by atoms with van der Waals surface area (Å²) in [5.74, 6) is 0.429. The molecule has 1 amide bonds. The first-order valence-corrected chi connectivity index (χ1v) is 8.95. The molecule has 1 saturated heterocycles. The third-order valence-electron chi connectivity index (χ3n) is 4.35. The fourth-order valence-corrected chi connectivity index (χ4v) is 3.53. The predicted octanol–water partition coefficient (Wildman–Crippen LogP) is 3.20. The van der Waals surface area contributed by atoms with E-state index in [1.807, 2.05) is 29.2 Å².